The van der Waals surface area contributed by atoms with Crippen molar-refractivity contribution in [1.29, 1.82) is 0 Å². The molecular weight excluding hydrogens is 425 g/mol. The van der Waals surface area contributed by atoms with Crippen molar-refractivity contribution < 1.29 is 14.0 Å². The zero-order valence-electron chi connectivity index (χ0n) is 18.3. The lowest BCUT2D eigenvalue weighted by Gasteiger charge is -2.20. The number of oxime groups is 1. The number of pyridine rings is 2. The molecule has 0 fully saturated rings. The number of nitrogens with one attached hydrogen (secondary N) is 1. The largest absolute Gasteiger partial charge is 0.455 e. The van der Waals surface area contributed by atoms with E-state index in [2.05, 4.69) is 20.4 Å². The molecule has 0 saturated heterocycles. The quantitative estimate of drug-likeness (QED) is 0.180. The van der Waals surface area contributed by atoms with Gasteiger partial charge in [0.15, 0.2) is 11.3 Å². The molecule has 4 N–H and O–H groups in total. The molecule has 3 aromatic heterocycles. The van der Waals surface area contributed by atoms with Gasteiger partial charge in [0.1, 0.15) is 22.9 Å². The Morgan fingerprint density at radius 1 is 1.27 bits per heavy atom. The number of halogens is 1. The number of fused-ring (bicyclic) bond motifs is 1. The van der Waals surface area contributed by atoms with Crippen LogP contribution in [0.2, 0.25) is 0 Å². The molecule has 0 bridgehead atoms. The van der Waals surface area contributed by atoms with Gasteiger partial charge in [0.25, 0.3) is 0 Å². The number of anilines is 1. The molecule has 1 unspecified atom stereocenters. The molecule has 4 aromatic rings. The van der Waals surface area contributed by atoms with Gasteiger partial charge in [-0.15, -0.1) is 0 Å². The maximum atomic E-state index is 13.8. The van der Waals surface area contributed by atoms with E-state index in [0.717, 1.165) is 11.8 Å². The fraction of sp³-hybridized carbons (Fsp3) is 0.167. The minimum absolute atomic E-state index is 0.137. The normalized spacial score (nSPS) is 12.7. The summed E-state index contributed by atoms with van der Waals surface area (Å²) in [6, 6.07) is 8.06. The zero-order valence-corrected chi connectivity index (χ0v) is 18.3. The van der Waals surface area contributed by atoms with Crippen molar-refractivity contribution >= 4 is 22.5 Å². The highest BCUT2D eigenvalue weighted by Crippen LogP contribution is 2.32. The lowest BCUT2D eigenvalue weighted by atomic mass is 9.99. The molecule has 4 rings (SSSR count). The summed E-state index contributed by atoms with van der Waals surface area (Å²) in [4.78, 5) is 21.3. The predicted octanol–water partition coefficient (Wildman–Crippen LogP) is 4.27. The molecule has 33 heavy (non-hydrogen) atoms. The maximum Gasteiger partial charge on any atom is 0.196 e. The van der Waals surface area contributed by atoms with Crippen molar-refractivity contribution in [3.63, 3.8) is 0 Å². The first-order valence-corrected chi connectivity index (χ1v) is 10.2. The summed E-state index contributed by atoms with van der Waals surface area (Å²) in [6.07, 6.45) is 4.08. The third-order valence-corrected chi connectivity index (χ3v) is 5.36. The number of nitrogens with zero attached hydrogens (tertiary/aromatic N) is 3. The number of hydrogen-bond donors (Lipinski definition) is 3. The van der Waals surface area contributed by atoms with Crippen molar-refractivity contribution in [2.45, 2.75) is 26.8 Å². The van der Waals surface area contributed by atoms with Gasteiger partial charge < -0.3 is 20.7 Å². The van der Waals surface area contributed by atoms with Gasteiger partial charge >= 0.3 is 0 Å². The summed E-state index contributed by atoms with van der Waals surface area (Å²) in [5.74, 6) is -0.404. The summed E-state index contributed by atoms with van der Waals surface area (Å²) >= 11 is 0. The molecular formula is C24H22FN5O3. The van der Waals surface area contributed by atoms with E-state index < -0.39 is 5.82 Å². The van der Waals surface area contributed by atoms with Crippen LogP contribution in [0.25, 0.3) is 22.3 Å². The Kier molecular flexibility index (Phi) is 5.78. The van der Waals surface area contributed by atoms with E-state index in [0.29, 0.717) is 33.3 Å². The summed E-state index contributed by atoms with van der Waals surface area (Å²) in [7, 11) is 0. The summed E-state index contributed by atoms with van der Waals surface area (Å²) in [5, 5.41) is 15.8. The van der Waals surface area contributed by atoms with Crippen LogP contribution in [0.1, 0.15) is 35.3 Å². The van der Waals surface area contributed by atoms with E-state index in [1.165, 1.54) is 18.5 Å². The Balaban J connectivity index is 1.89. The first-order chi connectivity index (χ1) is 15.8. The average Bonchev–Trinajstić information content (AvgIpc) is 2.81. The van der Waals surface area contributed by atoms with E-state index >= 15 is 0 Å². The van der Waals surface area contributed by atoms with Crippen molar-refractivity contribution in [1.82, 2.24) is 9.97 Å². The molecule has 0 aliphatic carbocycles. The maximum absolute atomic E-state index is 13.8. The lowest BCUT2D eigenvalue weighted by molar-refractivity contribution is 0.318. The van der Waals surface area contributed by atoms with Gasteiger partial charge in [0.05, 0.1) is 23.3 Å². The Hall–Kier alpha value is -4.27. The number of hydrogen-bond acceptors (Lipinski definition) is 7. The van der Waals surface area contributed by atoms with Crippen LogP contribution in [0.5, 0.6) is 0 Å². The van der Waals surface area contributed by atoms with Crippen LogP contribution in [-0.2, 0) is 0 Å². The number of rotatable bonds is 5. The summed E-state index contributed by atoms with van der Waals surface area (Å²) in [5.41, 5.74) is 9.09. The van der Waals surface area contributed by atoms with Crippen molar-refractivity contribution in [2.24, 2.45) is 10.9 Å². The number of aromatic nitrogens is 2. The lowest BCUT2D eigenvalue weighted by Crippen LogP contribution is -2.19. The molecule has 1 aromatic carbocycles. The van der Waals surface area contributed by atoms with Gasteiger partial charge in [0.2, 0.25) is 0 Å². The highest BCUT2D eigenvalue weighted by atomic mass is 19.1. The third kappa shape index (κ3) is 4.12. The second kappa shape index (κ2) is 8.70. The third-order valence-electron chi connectivity index (χ3n) is 5.36. The van der Waals surface area contributed by atoms with Crippen molar-refractivity contribution in [3.8, 4) is 11.3 Å². The van der Waals surface area contributed by atoms with Crippen LogP contribution < -0.4 is 16.5 Å². The zero-order chi connectivity index (χ0) is 23.7. The van der Waals surface area contributed by atoms with Crippen LogP contribution in [0.3, 0.4) is 0 Å². The Morgan fingerprint density at radius 3 is 2.79 bits per heavy atom. The number of benzene rings is 1. The number of nitrogens with two attached hydrogens (primary N) is 1. The van der Waals surface area contributed by atoms with Crippen LogP contribution >= 0.6 is 0 Å². The van der Waals surface area contributed by atoms with Gasteiger partial charge in [-0.2, -0.15) is 0 Å². The second-order valence-corrected chi connectivity index (χ2v) is 7.76. The minimum Gasteiger partial charge on any atom is -0.455 e. The van der Waals surface area contributed by atoms with E-state index in [1.54, 1.807) is 25.1 Å². The van der Waals surface area contributed by atoms with E-state index in [1.807, 2.05) is 19.9 Å². The topological polar surface area (TPSA) is 127 Å². The Labute approximate surface area is 188 Å². The van der Waals surface area contributed by atoms with E-state index in [4.69, 9.17) is 15.4 Å². The Bertz CT molecular complexity index is 1450. The average molecular weight is 447 g/mol. The molecule has 9 heteroatoms. The van der Waals surface area contributed by atoms with Gasteiger partial charge in [0, 0.05) is 29.1 Å². The molecule has 0 spiro atoms. The first-order valence-electron chi connectivity index (χ1n) is 10.2. The van der Waals surface area contributed by atoms with Crippen LogP contribution in [-0.4, -0.2) is 21.0 Å². The van der Waals surface area contributed by atoms with Crippen molar-refractivity contribution in [2.75, 3.05) is 5.32 Å². The molecule has 3 heterocycles. The van der Waals surface area contributed by atoms with Crippen LogP contribution in [0.15, 0.2) is 63.3 Å². The molecule has 0 aliphatic rings. The van der Waals surface area contributed by atoms with E-state index in [9.17, 15) is 9.18 Å². The number of aryl methyl sites for hydroxylation is 1. The number of amidine groups is 1. The molecule has 168 valence electrons. The summed E-state index contributed by atoms with van der Waals surface area (Å²) in [6.45, 7) is 5.43. The highest BCUT2D eigenvalue weighted by molar-refractivity contribution is 6.00. The van der Waals surface area contributed by atoms with Crippen LogP contribution in [0.4, 0.5) is 10.1 Å². The fourth-order valence-corrected chi connectivity index (χ4v) is 3.78. The highest BCUT2D eigenvalue weighted by Gasteiger charge is 2.20. The molecule has 1 atom stereocenters. The minimum atomic E-state index is -0.527. The standard InChI is InChI=1S/C24H22FN5O3/c1-12-7-17(14(3)29-19-5-4-6-28-20(19)24(26)30-32)23-18(8-12)21(31)13(2)22(33-23)15-9-16(25)11-27-10-15/h4-11,14,29,32H,1-3H3,(H2,26,30). The van der Waals surface area contributed by atoms with Gasteiger partial charge in [-0.3, -0.25) is 14.8 Å². The van der Waals surface area contributed by atoms with Crippen molar-refractivity contribution in [3.05, 3.63) is 87.3 Å². The second-order valence-electron chi connectivity index (χ2n) is 7.76. The van der Waals surface area contributed by atoms with Gasteiger partial charge in [-0.1, -0.05) is 11.2 Å². The SMILES string of the molecule is Cc1cc(C(C)Nc2cccnc2C(N)=NO)c2oc(-c3cncc(F)c3)c(C)c(=O)c2c1. The fourth-order valence-electron chi connectivity index (χ4n) is 3.78. The molecule has 0 amide bonds. The smallest absolute Gasteiger partial charge is 0.196 e. The summed E-state index contributed by atoms with van der Waals surface area (Å²) < 4.78 is 20.0. The van der Waals surface area contributed by atoms with Crippen LogP contribution in [0, 0.1) is 19.7 Å². The van der Waals surface area contributed by atoms with Gasteiger partial charge in [-0.05, 0) is 50.6 Å². The molecule has 0 aliphatic heterocycles. The van der Waals surface area contributed by atoms with E-state index in [-0.39, 0.29) is 28.8 Å². The molecule has 0 radical (unpaired) electrons. The molecule has 8 nitrogen and oxygen atoms in total. The Morgan fingerprint density at radius 2 is 2.06 bits per heavy atom. The van der Waals surface area contributed by atoms with Gasteiger partial charge in [-0.25, -0.2) is 4.39 Å². The predicted molar refractivity (Wildman–Crippen MR) is 124 cm³/mol. The molecule has 0 saturated carbocycles. The first kappa shape index (κ1) is 21.9. The monoisotopic (exact) mass is 447 g/mol.